The molecule has 6 aromatic rings. The van der Waals surface area contributed by atoms with Crippen LogP contribution in [0.3, 0.4) is 0 Å². The zero-order valence-corrected chi connectivity index (χ0v) is 44.0. The van der Waals surface area contributed by atoms with Crippen molar-refractivity contribution in [2.75, 3.05) is 27.3 Å². The van der Waals surface area contributed by atoms with Gasteiger partial charge in [-0.05, 0) is 79.4 Å². The number of esters is 2. The number of nitrogens with one attached hydrogen (secondary N) is 5. The summed E-state index contributed by atoms with van der Waals surface area (Å²) in [7, 11) is 2.39. The van der Waals surface area contributed by atoms with Gasteiger partial charge in [0.05, 0.1) is 30.5 Å². The van der Waals surface area contributed by atoms with Crippen molar-refractivity contribution < 1.29 is 81.1 Å². The van der Waals surface area contributed by atoms with Gasteiger partial charge in [-0.25, -0.2) is 19.2 Å². The lowest BCUT2D eigenvalue weighted by Gasteiger charge is -2.21. The van der Waals surface area contributed by atoms with Gasteiger partial charge >= 0.3 is 30.2 Å². The lowest BCUT2D eigenvalue weighted by atomic mass is 10.1. The molecule has 0 saturated heterocycles. The molecule has 0 unspecified atom stereocenters. The number of hydrogen-bond acceptors (Lipinski definition) is 16. The molecule has 0 fully saturated rings. The Morgan fingerprint density at radius 3 is 1.33 bits per heavy atom. The summed E-state index contributed by atoms with van der Waals surface area (Å²) in [6, 6.07) is 32.3. The van der Waals surface area contributed by atoms with Crippen molar-refractivity contribution in [3.63, 3.8) is 0 Å². The van der Waals surface area contributed by atoms with Crippen molar-refractivity contribution in [2.45, 2.75) is 57.7 Å². The van der Waals surface area contributed by atoms with E-state index in [0.717, 1.165) is 33.8 Å². The number of carboxylic acid groups (broad SMARTS) is 1. The second-order valence-electron chi connectivity index (χ2n) is 17.2. The second kappa shape index (κ2) is 28.9. The average molecular weight is 1120 g/mol. The number of alkyl carbamates (subject to hydrolysis) is 1. The molecule has 4 aromatic carbocycles. The summed E-state index contributed by atoms with van der Waals surface area (Å²) in [4.78, 5) is 98.3. The van der Waals surface area contributed by atoms with Crippen molar-refractivity contribution in [1.82, 2.24) is 26.6 Å². The molecule has 0 bridgehead atoms. The van der Waals surface area contributed by atoms with Gasteiger partial charge < -0.3 is 61.8 Å². The molecule has 25 heteroatoms. The van der Waals surface area contributed by atoms with Crippen molar-refractivity contribution >= 4 is 70.3 Å². The number of carbonyl (C=O) groups excluding carboxylic acids is 7. The minimum atomic E-state index is -5.08. The average Bonchev–Trinajstić information content (AvgIpc) is 4.07. The smallest absolute Gasteiger partial charge is 0.490 e. The van der Waals surface area contributed by atoms with E-state index in [0.29, 0.717) is 27.1 Å². The molecule has 78 heavy (non-hydrogen) atoms. The molecule has 0 saturated carbocycles. The Morgan fingerprint density at radius 1 is 0.577 bits per heavy atom. The molecule has 6 rings (SSSR count). The molecule has 0 aliphatic carbocycles. The zero-order valence-electron chi connectivity index (χ0n) is 42.4. The maximum absolute atomic E-state index is 13.4. The minimum absolute atomic E-state index is 0.0875. The topological polar surface area (TPSA) is 311 Å². The number of rotatable bonds is 17. The summed E-state index contributed by atoms with van der Waals surface area (Å²) in [5.41, 5.74) is 8.82. The predicted molar refractivity (Wildman–Crippen MR) is 282 cm³/mol. The first-order chi connectivity index (χ1) is 36.8. The van der Waals surface area contributed by atoms with E-state index in [1.165, 1.54) is 20.3 Å². The van der Waals surface area contributed by atoms with Crippen LogP contribution < -0.4 is 32.3 Å². The van der Waals surface area contributed by atoms with E-state index < -0.39 is 65.6 Å². The summed E-state index contributed by atoms with van der Waals surface area (Å²) < 4.78 is 46.4. The van der Waals surface area contributed by atoms with Crippen LogP contribution in [0, 0.1) is 0 Å². The number of nitrogens with two attached hydrogens (primary N) is 1. The van der Waals surface area contributed by atoms with Crippen LogP contribution in [-0.2, 0) is 41.7 Å². The van der Waals surface area contributed by atoms with Gasteiger partial charge in [-0.15, -0.1) is 22.7 Å². The van der Waals surface area contributed by atoms with Crippen LogP contribution >= 0.6 is 22.7 Å². The number of aromatic hydroxyl groups is 2. The summed E-state index contributed by atoms with van der Waals surface area (Å²) in [5, 5.41) is 39.6. The van der Waals surface area contributed by atoms with E-state index in [9.17, 15) is 56.9 Å². The molecule has 0 spiro atoms. The highest BCUT2D eigenvalue weighted by molar-refractivity contribution is 7.17. The maximum Gasteiger partial charge on any atom is 0.490 e. The summed E-state index contributed by atoms with van der Waals surface area (Å²) in [5.74, 6) is -5.89. The maximum atomic E-state index is 13.4. The molecule has 414 valence electrons. The summed E-state index contributed by atoms with van der Waals surface area (Å²) in [6.45, 7) is 5.10. The quantitative estimate of drug-likeness (QED) is 0.0337. The fourth-order valence-corrected chi connectivity index (χ4v) is 8.52. The number of carboxylic acids is 1. The number of thiophene rings is 2. The van der Waals surface area contributed by atoms with E-state index in [4.69, 9.17) is 25.1 Å². The molecule has 20 nitrogen and oxygen atoms in total. The van der Waals surface area contributed by atoms with Crippen LogP contribution in [0.25, 0.3) is 22.3 Å². The number of carbonyl (C=O) groups is 8. The van der Waals surface area contributed by atoms with E-state index >= 15 is 0 Å². The van der Waals surface area contributed by atoms with Crippen molar-refractivity contribution in [1.29, 1.82) is 0 Å². The number of ether oxygens (including phenoxy) is 3. The monoisotopic (exact) mass is 1120 g/mol. The second-order valence-corrected chi connectivity index (χ2v) is 19.3. The third-order valence-electron chi connectivity index (χ3n) is 10.1. The predicted octanol–water partition coefficient (Wildman–Crippen LogP) is 6.76. The zero-order chi connectivity index (χ0) is 57.7. The summed E-state index contributed by atoms with van der Waals surface area (Å²) in [6.07, 6.45) is -5.84. The van der Waals surface area contributed by atoms with Gasteiger partial charge in [0, 0.05) is 30.8 Å². The summed E-state index contributed by atoms with van der Waals surface area (Å²) >= 11 is 1.98. The van der Waals surface area contributed by atoms with Gasteiger partial charge in [0.25, 0.3) is 23.6 Å². The Balaban J connectivity index is 0.000000304. The first kappa shape index (κ1) is 61.7. The number of phenolic OH excluding ortho intramolecular Hbond substituents is 2. The standard InChI is InChI=1S/C28H31N3O7S.C23H23N3O5S.C2HF3O2/c1-28(2,3)38-27(36)30-16-21(26(35)37-4)31-25(34)23-20(18-10-6-5-7-11-18)14-22(39-23)24(33)29-15-17-9-8-12-19(32)13-17;1-31-23(30)18(12-24)26-22(29)20-17(15-7-3-2-4-8-15)11-19(32-20)21(28)25-13-14-6-5-9-16(27)10-14;3-2(4,5)1(6)7/h5-14,21,32H,15-16H2,1-4H3,(H,29,33)(H,30,36)(H,31,34);2-11,18,27H,12-13,24H2,1H3,(H,25,28)(H,26,29);(H,6,7)/t21-;18-;/m00./s1. The van der Waals surface area contributed by atoms with E-state index in [2.05, 4.69) is 31.3 Å². The number of methoxy groups -OCH3 is 2. The third kappa shape index (κ3) is 19.4. The van der Waals surface area contributed by atoms with Gasteiger partial charge in [-0.1, -0.05) is 84.9 Å². The van der Waals surface area contributed by atoms with Gasteiger partial charge in [-0.3, -0.25) is 19.2 Å². The van der Waals surface area contributed by atoms with E-state index in [1.807, 2.05) is 36.4 Å². The lowest BCUT2D eigenvalue weighted by Crippen LogP contribution is -2.49. The molecule has 0 aliphatic heterocycles. The van der Waals surface area contributed by atoms with Crippen molar-refractivity contribution in [2.24, 2.45) is 5.73 Å². The minimum Gasteiger partial charge on any atom is -0.508 e. The molecule has 0 aliphatic rings. The first-order valence-corrected chi connectivity index (χ1v) is 24.7. The highest BCUT2D eigenvalue weighted by Crippen LogP contribution is 2.33. The molecular formula is C53H55F3N6O14S2. The Bertz CT molecular complexity index is 3060. The van der Waals surface area contributed by atoms with Gasteiger partial charge in [-0.2, -0.15) is 13.2 Å². The third-order valence-corrected chi connectivity index (χ3v) is 12.4. The van der Waals surface area contributed by atoms with Gasteiger partial charge in [0.1, 0.15) is 38.9 Å². The first-order valence-electron chi connectivity index (χ1n) is 23.1. The molecule has 5 amide bonds. The van der Waals surface area contributed by atoms with E-state index in [-0.39, 0.29) is 58.2 Å². The largest absolute Gasteiger partial charge is 0.508 e. The van der Waals surface area contributed by atoms with Crippen LogP contribution in [-0.4, -0.2) is 114 Å². The van der Waals surface area contributed by atoms with Crippen LogP contribution in [0.1, 0.15) is 70.6 Å². The van der Waals surface area contributed by atoms with Crippen molar-refractivity contribution in [3.05, 3.63) is 152 Å². The molecule has 2 aromatic heterocycles. The Hall–Kier alpha value is -8.81. The SMILES string of the molecule is COC(=O)[C@H](CN)NC(=O)c1sc(C(=O)NCc2cccc(O)c2)cc1-c1ccccc1.COC(=O)[C@H](CNC(=O)OC(C)(C)C)NC(=O)c1sc(C(=O)NCc2cccc(O)c2)cc1-c1ccccc1.O=C(O)C(F)(F)F. The number of halogens is 3. The number of aliphatic carboxylic acids is 1. The van der Waals surface area contributed by atoms with Crippen molar-refractivity contribution in [3.8, 4) is 33.8 Å². The lowest BCUT2D eigenvalue weighted by molar-refractivity contribution is -0.192. The van der Waals surface area contributed by atoms with E-state index in [1.54, 1.807) is 99.6 Å². The fraction of sp³-hybridized carbons (Fsp3) is 0.245. The normalized spacial score (nSPS) is 11.6. The van der Waals surface area contributed by atoms with Gasteiger partial charge in [0.15, 0.2) is 0 Å². The number of hydrogen-bond donors (Lipinski definition) is 9. The Kier molecular flexibility index (Phi) is 22.9. The number of benzene rings is 4. The molecule has 0 radical (unpaired) electrons. The fourth-order valence-electron chi connectivity index (χ4n) is 6.52. The van der Waals surface area contributed by atoms with Crippen LogP contribution in [0.5, 0.6) is 11.5 Å². The van der Waals surface area contributed by atoms with Gasteiger partial charge in [0.2, 0.25) is 0 Å². The molecule has 2 atom stereocenters. The molecule has 2 heterocycles. The van der Waals surface area contributed by atoms with Crippen LogP contribution in [0.15, 0.2) is 121 Å². The highest BCUT2D eigenvalue weighted by atomic mass is 32.1. The Morgan fingerprint density at radius 2 is 0.974 bits per heavy atom. The molecule has 10 N–H and O–H groups in total. The number of amides is 5. The number of alkyl halides is 3. The molecular weight excluding hydrogens is 1070 g/mol. The number of phenols is 2. The Labute approximate surface area is 452 Å². The van der Waals surface area contributed by atoms with Crippen LogP contribution in [0.4, 0.5) is 18.0 Å². The van der Waals surface area contributed by atoms with Crippen LogP contribution in [0.2, 0.25) is 0 Å². The highest BCUT2D eigenvalue weighted by Gasteiger charge is 2.38.